The fourth-order valence-corrected chi connectivity index (χ4v) is 2.05. The van der Waals surface area contributed by atoms with Crippen LogP contribution in [0.4, 0.5) is 5.69 Å². The van der Waals surface area contributed by atoms with Crippen LogP contribution in [0.2, 0.25) is 0 Å². The highest BCUT2D eigenvalue weighted by molar-refractivity contribution is 5.95. The number of aliphatic hydroxyl groups excluding tert-OH is 1. The van der Waals surface area contributed by atoms with E-state index < -0.39 is 5.97 Å². The van der Waals surface area contributed by atoms with E-state index in [0.29, 0.717) is 12.2 Å². The minimum atomic E-state index is -0.984. The van der Waals surface area contributed by atoms with Crippen LogP contribution >= 0.6 is 0 Å². The van der Waals surface area contributed by atoms with Gasteiger partial charge in [0.1, 0.15) is 0 Å². The van der Waals surface area contributed by atoms with Crippen LogP contribution in [0.15, 0.2) is 18.2 Å². The fraction of sp³-hybridized carbons (Fsp3) is 0.500. The molecule has 0 aliphatic carbocycles. The molecule has 0 fully saturated rings. The maximum Gasteiger partial charge on any atom is 0.338 e. The quantitative estimate of drug-likeness (QED) is 0.491. The highest BCUT2D eigenvalue weighted by Gasteiger charge is 2.14. The Morgan fingerprint density at radius 1 is 1.32 bits per heavy atom. The molecule has 106 valence electrons. The number of hydrogen-bond donors (Lipinski definition) is 3. The second kappa shape index (κ2) is 7.76. The predicted molar refractivity (Wildman–Crippen MR) is 75.1 cm³/mol. The Morgan fingerprint density at radius 2 is 2.05 bits per heavy atom. The number of carboxylic acid groups (broad SMARTS) is 1. The zero-order valence-corrected chi connectivity index (χ0v) is 11.3. The number of rotatable bonds is 8. The molecule has 0 bridgehead atoms. The number of aromatic carboxylic acids is 1. The zero-order chi connectivity index (χ0) is 14.3. The van der Waals surface area contributed by atoms with Gasteiger partial charge in [0.15, 0.2) is 0 Å². The van der Waals surface area contributed by atoms with E-state index in [1.807, 2.05) is 7.05 Å². The number of anilines is 1. The van der Waals surface area contributed by atoms with Crippen LogP contribution in [0, 0.1) is 0 Å². The molecule has 1 rings (SSSR count). The summed E-state index contributed by atoms with van der Waals surface area (Å²) < 4.78 is 0. The van der Waals surface area contributed by atoms with Crippen molar-refractivity contribution < 1.29 is 15.0 Å². The first-order valence-corrected chi connectivity index (χ1v) is 6.46. The van der Waals surface area contributed by atoms with Gasteiger partial charge in [-0.15, -0.1) is 0 Å². The summed E-state index contributed by atoms with van der Waals surface area (Å²) in [6.45, 7) is 1.65. The summed E-state index contributed by atoms with van der Waals surface area (Å²) in [5.74, 6) is -0.984. The second-order valence-electron chi connectivity index (χ2n) is 4.71. The fourth-order valence-electron chi connectivity index (χ4n) is 2.05. The molecule has 0 aliphatic heterocycles. The Kier molecular flexibility index (Phi) is 6.32. The van der Waals surface area contributed by atoms with E-state index in [2.05, 4.69) is 4.90 Å². The van der Waals surface area contributed by atoms with Crippen LogP contribution in [-0.4, -0.2) is 41.3 Å². The van der Waals surface area contributed by atoms with Gasteiger partial charge >= 0.3 is 5.97 Å². The number of nitrogen functional groups attached to an aromatic ring is 1. The Balaban J connectivity index is 2.61. The van der Waals surface area contributed by atoms with Gasteiger partial charge in [-0.3, -0.25) is 0 Å². The number of benzene rings is 1. The Morgan fingerprint density at radius 3 is 2.68 bits per heavy atom. The molecule has 5 nitrogen and oxygen atoms in total. The van der Waals surface area contributed by atoms with E-state index in [9.17, 15) is 9.90 Å². The molecule has 0 heterocycles. The number of nitrogens with zero attached hydrogens (tertiary/aromatic N) is 1. The van der Waals surface area contributed by atoms with Gasteiger partial charge in [-0.05, 0) is 44.5 Å². The number of carboxylic acids is 1. The standard InChI is InChI=1S/C14H22N2O3/c1-16(8-3-2-4-9-17)10-11-6-5-7-12(15)13(11)14(18)19/h5-7,17H,2-4,8-10,15H2,1H3,(H,18,19). The van der Waals surface area contributed by atoms with Crippen molar-refractivity contribution in [3.05, 3.63) is 29.3 Å². The molecule has 0 amide bonds. The number of nitrogens with two attached hydrogens (primary N) is 1. The number of hydrogen-bond acceptors (Lipinski definition) is 4. The molecule has 0 spiro atoms. The summed E-state index contributed by atoms with van der Waals surface area (Å²) in [5, 5.41) is 17.9. The SMILES string of the molecule is CN(CCCCCO)Cc1cccc(N)c1C(=O)O. The molecular formula is C14H22N2O3. The first kappa shape index (κ1) is 15.5. The van der Waals surface area contributed by atoms with Crippen LogP contribution < -0.4 is 5.73 Å². The molecular weight excluding hydrogens is 244 g/mol. The number of unbranched alkanes of at least 4 members (excludes halogenated alkanes) is 2. The van der Waals surface area contributed by atoms with E-state index in [4.69, 9.17) is 10.8 Å². The summed E-state index contributed by atoms with van der Waals surface area (Å²) in [6.07, 6.45) is 2.78. The van der Waals surface area contributed by atoms with Gasteiger partial charge < -0.3 is 20.8 Å². The van der Waals surface area contributed by atoms with Crippen molar-refractivity contribution in [2.75, 3.05) is 25.9 Å². The van der Waals surface area contributed by atoms with Gasteiger partial charge in [0.25, 0.3) is 0 Å². The molecule has 0 unspecified atom stereocenters. The highest BCUT2D eigenvalue weighted by Crippen LogP contribution is 2.18. The van der Waals surface area contributed by atoms with Crippen molar-refractivity contribution in [1.82, 2.24) is 4.90 Å². The topological polar surface area (TPSA) is 86.8 Å². The zero-order valence-electron chi connectivity index (χ0n) is 11.3. The third kappa shape index (κ3) is 4.89. The molecule has 0 aliphatic rings. The summed E-state index contributed by atoms with van der Waals surface area (Å²) >= 11 is 0. The molecule has 4 N–H and O–H groups in total. The maximum absolute atomic E-state index is 11.2. The van der Waals surface area contributed by atoms with E-state index in [0.717, 1.165) is 31.4 Å². The molecule has 0 radical (unpaired) electrons. The van der Waals surface area contributed by atoms with Crippen LogP contribution in [0.5, 0.6) is 0 Å². The van der Waals surface area contributed by atoms with Gasteiger partial charge in [-0.1, -0.05) is 12.1 Å². The van der Waals surface area contributed by atoms with Gasteiger partial charge in [0.05, 0.1) is 5.56 Å². The molecule has 19 heavy (non-hydrogen) atoms. The van der Waals surface area contributed by atoms with Crippen molar-refractivity contribution in [3.8, 4) is 0 Å². The summed E-state index contributed by atoms with van der Waals surface area (Å²) in [4.78, 5) is 13.3. The molecule has 1 aromatic carbocycles. The normalized spacial score (nSPS) is 10.9. The Bertz CT molecular complexity index is 421. The number of aliphatic hydroxyl groups is 1. The van der Waals surface area contributed by atoms with Crippen molar-refractivity contribution in [1.29, 1.82) is 0 Å². The van der Waals surface area contributed by atoms with Crippen molar-refractivity contribution in [3.63, 3.8) is 0 Å². The van der Waals surface area contributed by atoms with E-state index >= 15 is 0 Å². The van der Waals surface area contributed by atoms with E-state index in [-0.39, 0.29) is 12.2 Å². The van der Waals surface area contributed by atoms with Gasteiger partial charge in [-0.2, -0.15) is 0 Å². The largest absolute Gasteiger partial charge is 0.478 e. The average Bonchev–Trinajstić information content (AvgIpc) is 2.34. The lowest BCUT2D eigenvalue weighted by atomic mass is 10.0. The highest BCUT2D eigenvalue weighted by atomic mass is 16.4. The first-order valence-electron chi connectivity index (χ1n) is 6.46. The van der Waals surface area contributed by atoms with Crippen LogP contribution in [0.1, 0.15) is 35.2 Å². The van der Waals surface area contributed by atoms with Gasteiger partial charge in [0, 0.05) is 18.8 Å². The summed E-state index contributed by atoms with van der Waals surface area (Å²) in [5.41, 5.74) is 6.95. The molecule has 1 aromatic rings. The van der Waals surface area contributed by atoms with Gasteiger partial charge in [0.2, 0.25) is 0 Å². The Hall–Kier alpha value is -1.59. The molecule has 0 aromatic heterocycles. The molecule has 0 saturated heterocycles. The third-order valence-electron chi connectivity index (χ3n) is 3.04. The second-order valence-corrected chi connectivity index (χ2v) is 4.71. The van der Waals surface area contributed by atoms with Crippen molar-refractivity contribution in [2.24, 2.45) is 0 Å². The summed E-state index contributed by atoms with van der Waals surface area (Å²) in [6, 6.07) is 5.18. The van der Waals surface area contributed by atoms with Crippen molar-refractivity contribution >= 4 is 11.7 Å². The average molecular weight is 266 g/mol. The monoisotopic (exact) mass is 266 g/mol. The lowest BCUT2D eigenvalue weighted by molar-refractivity contribution is 0.0696. The minimum Gasteiger partial charge on any atom is -0.478 e. The lowest BCUT2D eigenvalue weighted by Crippen LogP contribution is -2.21. The molecule has 0 atom stereocenters. The van der Waals surface area contributed by atoms with Crippen LogP contribution in [0.25, 0.3) is 0 Å². The smallest absolute Gasteiger partial charge is 0.338 e. The lowest BCUT2D eigenvalue weighted by Gasteiger charge is -2.18. The van der Waals surface area contributed by atoms with Crippen LogP contribution in [0.3, 0.4) is 0 Å². The Labute approximate surface area is 113 Å². The molecule has 5 heteroatoms. The van der Waals surface area contributed by atoms with Crippen molar-refractivity contribution in [2.45, 2.75) is 25.8 Å². The summed E-state index contributed by atoms with van der Waals surface area (Å²) in [7, 11) is 1.95. The maximum atomic E-state index is 11.2. The van der Waals surface area contributed by atoms with E-state index in [1.165, 1.54) is 0 Å². The first-order chi connectivity index (χ1) is 9.06. The number of carbonyl (C=O) groups is 1. The van der Waals surface area contributed by atoms with Gasteiger partial charge in [-0.25, -0.2) is 4.79 Å². The van der Waals surface area contributed by atoms with Crippen LogP contribution in [-0.2, 0) is 6.54 Å². The third-order valence-corrected chi connectivity index (χ3v) is 3.04. The molecule has 0 saturated carbocycles. The minimum absolute atomic E-state index is 0.199. The predicted octanol–water partition coefficient (Wildman–Crippen LogP) is 1.56. The van der Waals surface area contributed by atoms with E-state index in [1.54, 1.807) is 18.2 Å².